The van der Waals surface area contributed by atoms with Gasteiger partial charge in [-0.2, -0.15) is 0 Å². The number of hydrogen-bond donors (Lipinski definition) is 1. The van der Waals surface area contributed by atoms with E-state index >= 15 is 0 Å². The van der Waals surface area contributed by atoms with Crippen LogP contribution in [0.2, 0.25) is 0 Å². The summed E-state index contributed by atoms with van der Waals surface area (Å²) in [6.45, 7) is 0. The third kappa shape index (κ3) is 2.28. The van der Waals surface area contributed by atoms with Crippen LogP contribution in [0.3, 0.4) is 0 Å². The van der Waals surface area contributed by atoms with E-state index in [2.05, 4.69) is 0 Å². The van der Waals surface area contributed by atoms with Crippen LogP contribution in [0.4, 0.5) is 14.5 Å². The molecule has 0 heterocycles. The van der Waals surface area contributed by atoms with Crippen LogP contribution in [-0.4, -0.2) is 20.0 Å². The smallest absolute Gasteiger partial charge is 0.235 e. The molecule has 1 aliphatic rings. The number of aldehydes is 1. The molecule has 0 spiro atoms. The molecule has 0 radical (unpaired) electrons. The molecule has 0 bridgehead atoms. The third-order valence-electron chi connectivity index (χ3n) is 2.46. The monoisotopic (exact) mass is 261 g/mol. The number of rotatable bonds is 4. The average molecular weight is 261 g/mol. The molecule has 0 saturated heterocycles. The van der Waals surface area contributed by atoms with Gasteiger partial charge in [-0.15, -0.1) is 0 Å². The second kappa shape index (κ2) is 4.06. The highest BCUT2D eigenvalue weighted by atomic mass is 32.2. The maximum Gasteiger partial charge on any atom is 0.235 e. The number of anilines is 1. The second-order valence-corrected chi connectivity index (χ2v) is 5.75. The van der Waals surface area contributed by atoms with Crippen molar-refractivity contribution in [3.8, 4) is 0 Å². The fourth-order valence-corrected chi connectivity index (χ4v) is 2.76. The fourth-order valence-electron chi connectivity index (χ4n) is 1.37. The number of sulfonamides is 1. The summed E-state index contributed by atoms with van der Waals surface area (Å²) in [5, 5.41) is -0.522. The maximum absolute atomic E-state index is 13.5. The van der Waals surface area contributed by atoms with Crippen molar-refractivity contribution in [3.05, 3.63) is 29.3 Å². The van der Waals surface area contributed by atoms with Crippen molar-refractivity contribution < 1.29 is 22.0 Å². The molecule has 0 unspecified atom stereocenters. The minimum atomic E-state index is -3.63. The summed E-state index contributed by atoms with van der Waals surface area (Å²) >= 11 is 0. The lowest BCUT2D eigenvalue weighted by atomic mass is 10.2. The predicted octanol–water partition coefficient (Wildman–Crippen LogP) is 1.68. The largest absolute Gasteiger partial charge is 0.298 e. The van der Waals surface area contributed by atoms with Crippen molar-refractivity contribution >= 4 is 22.0 Å². The zero-order chi connectivity index (χ0) is 12.6. The number of halogens is 2. The fraction of sp³-hybridized carbons (Fsp3) is 0.300. The Labute approximate surface area is 96.7 Å². The first-order chi connectivity index (χ1) is 7.95. The molecule has 0 aromatic heterocycles. The Morgan fingerprint density at radius 1 is 1.29 bits per heavy atom. The third-order valence-corrected chi connectivity index (χ3v) is 4.31. The first-order valence-corrected chi connectivity index (χ1v) is 6.45. The SMILES string of the molecule is O=Cc1c(F)ccc(NS(=O)(=O)C2CC2)c1F. The van der Waals surface area contributed by atoms with Crippen LogP contribution in [0.15, 0.2) is 12.1 Å². The van der Waals surface area contributed by atoms with Gasteiger partial charge in [-0.1, -0.05) is 0 Å². The van der Waals surface area contributed by atoms with Crippen molar-refractivity contribution in [1.29, 1.82) is 0 Å². The number of carbonyl (C=O) groups excluding carboxylic acids is 1. The molecule has 1 aromatic rings. The Morgan fingerprint density at radius 2 is 1.94 bits per heavy atom. The van der Waals surface area contributed by atoms with Crippen LogP contribution in [0.1, 0.15) is 23.2 Å². The van der Waals surface area contributed by atoms with Crippen molar-refractivity contribution in [2.75, 3.05) is 4.72 Å². The van der Waals surface area contributed by atoms with Gasteiger partial charge in [0.05, 0.1) is 16.5 Å². The van der Waals surface area contributed by atoms with Gasteiger partial charge in [-0.25, -0.2) is 17.2 Å². The predicted molar refractivity (Wildman–Crippen MR) is 57.3 cm³/mol. The Bertz CT molecular complexity index is 567. The Hall–Kier alpha value is -1.50. The zero-order valence-corrected chi connectivity index (χ0v) is 9.43. The Morgan fingerprint density at radius 3 is 2.47 bits per heavy atom. The summed E-state index contributed by atoms with van der Waals surface area (Å²) in [6.07, 6.45) is 1.07. The summed E-state index contributed by atoms with van der Waals surface area (Å²) in [5.41, 5.74) is -1.18. The number of carbonyl (C=O) groups is 1. The molecule has 2 rings (SSSR count). The first-order valence-electron chi connectivity index (χ1n) is 4.90. The quantitative estimate of drug-likeness (QED) is 0.839. The molecule has 1 fully saturated rings. The number of hydrogen-bond acceptors (Lipinski definition) is 3. The number of nitrogens with one attached hydrogen (secondary N) is 1. The van der Waals surface area contributed by atoms with Crippen LogP contribution < -0.4 is 4.72 Å². The van der Waals surface area contributed by atoms with E-state index in [0.29, 0.717) is 12.8 Å². The van der Waals surface area contributed by atoms with Gasteiger partial charge in [0.2, 0.25) is 10.0 Å². The normalized spacial score (nSPS) is 15.6. The molecular weight excluding hydrogens is 252 g/mol. The van der Waals surface area contributed by atoms with E-state index in [-0.39, 0.29) is 6.29 Å². The highest BCUT2D eigenvalue weighted by Crippen LogP contribution is 2.30. The van der Waals surface area contributed by atoms with Crippen molar-refractivity contribution in [3.63, 3.8) is 0 Å². The van der Waals surface area contributed by atoms with Gasteiger partial charge in [-0.05, 0) is 25.0 Å². The van der Waals surface area contributed by atoms with Gasteiger partial charge in [0.1, 0.15) is 5.82 Å². The van der Waals surface area contributed by atoms with E-state index in [9.17, 15) is 22.0 Å². The molecule has 0 aliphatic heterocycles. The molecule has 1 aliphatic carbocycles. The molecule has 4 nitrogen and oxygen atoms in total. The van der Waals surface area contributed by atoms with Gasteiger partial charge >= 0.3 is 0 Å². The minimum absolute atomic E-state index is 0.0135. The molecule has 1 aromatic carbocycles. The molecule has 7 heteroatoms. The average Bonchev–Trinajstić information content (AvgIpc) is 3.07. The molecule has 0 atom stereocenters. The van der Waals surface area contributed by atoms with Gasteiger partial charge in [0.25, 0.3) is 0 Å². The van der Waals surface area contributed by atoms with Crippen molar-refractivity contribution in [2.45, 2.75) is 18.1 Å². The minimum Gasteiger partial charge on any atom is -0.298 e. The van der Waals surface area contributed by atoms with E-state index in [4.69, 9.17) is 0 Å². The summed E-state index contributed by atoms with van der Waals surface area (Å²) in [4.78, 5) is 10.5. The molecule has 17 heavy (non-hydrogen) atoms. The standard InChI is InChI=1S/C10H9F2NO3S/c11-8-3-4-9(10(12)7(8)5-14)13-17(15,16)6-1-2-6/h3-6,13H,1-2H2. The number of benzene rings is 1. The molecule has 92 valence electrons. The summed E-state index contributed by atoms with van der Waals surface area (Å²) < 4.78 is 51.6. The van der Waals surface area contributed by atoms with Gasteiger partial charge < -0.3 is 0 Å². The van der Waals surface area contributed by atoms with E-state index < -0.39 is 38.2 Å². The van der Waals surface area contributed by atoms with Crippen molar-refractivity contribution in [2.24, 2.45) is 0 Å². The van der Waals surface area contributed by atoms with Gasteiger partial charge in [0, 0.05) is 0 Å². The highest BCUT2D eigenvalue weighted by Gasteiger charge is 2.36. The van der Waals surface area contributed by atoms with Gasteiger partial charge in [-0.3, -0.25) is 9.52 Å². The van der Waals surface area contributed by atoms with E-state index in [1.807, 2.05) is 4.72 Å². The Balaban J connectivity index is 2.37. The maximum atomic E-state index is 13.5. The lowest BCUT2D eigenvalue weighted by Crippen LogP contribution is -2.18. The summed E-state index contributed by atoms with van der Waals surface area (Å²) in [6, 6.07) is 1.80. The first kappa shape index (κ1) is 12.0. The molecule has 1 N–H and O–H groups in total. The Kier molecular flexibility index (Phi) is 2.86. The molecular formula is C10H9F2NO3S. The highest BCUT2D eigenvalue weighted by molar-refractivity contribution is 7.93. The van der Waals surface area contributed by atoms with Crippen LogP contribution in [0.25, 0.3) is 0 Å². The topological polar surface area (TPSA) is 63.2 Å². The van der Waals surface area contributed by atoms with E-state index in [0.717, 1.165) is 12.1 Å². The van der Waals surface area contributed by atoms with Gasteiger partial charge in [0.15, 0.2) is 12.1 Å². The van der Waals surface area contributed by atoms with Crippen LogP contribution in [0, 0.1) is 11.6 Å². The zero-order valence-electron chi connectivity index (χ0n) is 8.61. The van der Waals surface area contributed by atoms with Crippen LogP contribution >= 0.6 is 0 Å². The molecule has 1 saturated carbocycles. The van der Waals surface area contributed by atoms with Crippen LogP contribution in [-0.2, 0) is 10.0 Å². The summed E-state index contributed by atoms with van der Waals surface area (Å²) in [5.74, 6) is -2.21. The lowest BCUT2D eigenvalue weighted by Gasteiger charge is -2.09. The van der Waals surface area contributed by atoms with E-state index in [1.54, 1.807) is 0 Å². The molecule has 0 amide bonds. The summed E-state index contributed by atoms with van der Waals surface area (Å²) in [7, 11) is -3.63. The second-order valence-electron chi connectivity index (χ2n) is 3.79. The lowest BCUT2D eigenvalue weighted by molar-refractivity contribution is 0.111. The van der Waals surface area contributed by atoms with Crippen molar-refractivity contribution in [1.82, 2.24) is 0 Å². The van der Waals surface area contributed by atoms with E-state index in [1.165, 1.54) is 0 Å². The van der Waals surface area contributed by atoms with Crippen LogP contribution in [0.5, 0.6) is 0 Å².